The quantitative estimate of drug-likeness (QED) is 0.161. The molecule has 0 spiro atoms. The maximum Gasteiger partial charge on any atom is 0.198 e. The minimum atomic E-state index is -0.138. The molecule has 308 valence electrons. The first-order chi connectivity index (χ1) is 31.9. The molecule has 10 aromatic carbocycles. The molecule has 1 heterocycles. The third-order valence-electron chi connectivity index (χ3n) is 14.0. The van der Waals surface area contributed by atoms with Gasteiger partial charge in [-0.2, -0.15) is 0 Å². The van der Waals surface area contributed by atoms with Gasteiger partial charge in [0.05, 0.1) is 0 Å². The van der Waals surface area contributed by atoms with Gasteiger partial charge in [-0.15, -0.1) is 0 Å². The Balaban J connectivity index is 1.10. The van der Waals surface area contributed by atoms with E-state index in [2.05, 4.69) is 249 Å². The van der Waals surface area contributed by atoms with Crippen molar-refractivity contribution in [3.05, 3.63) is 235 Å². The first-order valence-corrected chi connectivity index (χ1v) is 22.8. The zero-order chi connectivity index (χ0) is 43.6. The van der Waals surface area contributed by atoms with Gasteiger partial charge < -0.3 is 10.2 Å². The third-order valence-corrected chi connectivity index (χ3v) is 14.0. The van der Waals surface area contributed by atoms with Crippen LogP contribution in [-0.4, -0.2) is 7.28 Å². The van der Waals surface area contributed by atoms with Gasteiger partial charge in [-0.05, 0) is 145 Å². The number of aryl methyl sites for hydroxylation is 1. The molecule has 0 unspecified atom stereocenters. The summed E-state index contributed by atoms with van der Waals surface area (Å²) in [4.78, 5) is 2.59. The standard InChI is InChI=1S/C62H47BN2/c1-40-33-47(42-19-9-5-10-20-42)29-32-58(40)65-59-39-55-51(50-25-15-16-26-54(50)62(55,2)3)38-56(59)63-61-53(35-48(37-60(61)65)43-21-11-6-12-22-43)52-34-45-23-13-14-24-46(45)36-57(52)64-49-30-27-44(28-31-49)41-17-7-4-8-18-41/h4-39,63-64H,1-3H3. The monoisotopic (exact) mass is 830 g/mol. The van der Waals surface area contributed by atoms with Gasteiger partial charge in [0, 0.05) is 39.4 Å². The van der Waals surface area contributed by atoms with Crippen LogP contribution >= 0.6 is 0 Å². The summed E-state index contributed by atoms with van der Waals surface area (Å²) in [6, 6.07) is 80.5. The molecule has 0 amide bonds. The summed E-state index contributed by atoms with van der Waals surface area (Å²) < 4.78 is 0. The van der Waals surface area contributed by atoms with Gasteiger partial charge in [0.25, 0.3) is 0 Å². The average Bonchev–Trinajstić information content (AvgIpc) is 3.58. The van der Waals surface area contributed by atoms with Gasteiger partial charge in [-0.3, -0.25) is 0 Å². The Labute approximate surface area is 382 Å². The molecule has 1 aliphatic heterocycles. The third kappa shape index (κ3) is 6.66. The molecular formula is C62H47BN2. The molecule has 2 nitrogen and oxygen atoms in total. The first kappa shape index (κ1) is 38.8. The van der Waals surface area contributed by atoms with Crippen LogP contribution < -0.4 is 21.1 Å². The lowest BCUT2D eigenvalue weighted by atomic mass is 9.57. The van der Waals surface area contributed by atoms with Gasteiger partial charge in [-0.25, -0.2) is 0 Å². The molecule has 0 atom stereocenters. The number of hydrogen-bond donors (Lipinski definition) is 1. The van der Waals surface area contributed by atoms with Crippen LogP contribution in [0.1, 0.15) is 30.5 Å². The maximum absolute atomic E-state index is 3.94. The van der Waals surface area contributed by atoms with Crippen molar-refractivity contribution in [2.45, 2.75) is 26.2 Å². The lowest BCUT2D eigenvalue weighted by Crippen LogP contribution is -2.41. The van der Waals surface area contributed by atoms with Crippen molar-refractivity contribution in [1.82, 2.24) is 0 Å². The molecule has 65 heavy (non-hydrogen) atoms. The van der Waals surface area contributed by atoms with E-state index in [0.717, 1.165) is 18.7 Å². The highest BCUT2D eigenvalue weighted by Gasteiger charge is 2.39. The van der Waals surface area contributed by atoms with Crippen molar-refractivity contribution in [2.24, 2.45) is 0 Å². The second-order valence-corrected chi connectivity index (χ2v) is 18.3. The molecule has 0 saturated heterocycles. The maximum atomic E-state index is 3.94. The van der Waals surface area contributed by atoms with Crippen molar-refractivity contribution in [3.63, 3.8) is 0 Å². The van der Waals surface area contributed by atoms with Crippen molar-refractivity contribution < 1.29 is 0 Å². The number of nitrogens with one attached hydrogen (secondary N) is 1. The first-order valence-electron chi connectivity index (χ1n) is 22.8. The van der Waals surface area contributed by atoms with E-state index in [1.165, 1.54) is 111 Å². The molecule has 10 aromatic rings. The summed E-state index contributed by atoms with van der Waals surface area (Å²) in [5.41, 5.74) is 24.6. The molecule has 1 N–H and O–H groups in total. The second-order valence-electron chi connectivity index (χ2n) is 18.3. The van der Waals surface area contributed by atoms with Crippen molar-refractivity contribution in [2.75, 3.05) is 10.2 Å². The topological polar surface area (TPSA) is 15.3 Å². The van der Waals surface area contributed by atoms with Gasteiger partial charge in [0.1, 0.15) is 0 Å². The summed E-state index contributed by atoms with van der Waals surface area (Å²) in [6.07, 6.45) is 0. The van der Waals surface area contributed by atoms with E-state index in [4.69, 9.17) is 0 Å². The summed E-state index contributed by atoms with van der Waals surface area (Å²) in [5, 5.41) is 6.35. The van der Waals surface area contributed by atoms with E-state index in [9.17, 15) is 0 Å². The minimum absolute atomic E-state index is 0.138. The largest absolute Gasteiger partial charge is 0.355 e. The predicted molar refractivity (Wildman–Crippen MR) is 279 cm³/mol. The highest BCUT2D eigenvalue weighted by atomic mass is 15.2. The lowest BCUT2D eigenvalue weighted by Gasteiger charge is -2.37. The average molecular weight is 831 g/mol. The fraction of sp³-hybridized carbons (Fsp3) is 0.0645. The highest BCUT2D eigenvalue weighted by Crippen LogP contribution is 2.51. The molecule has 3 heteroatoms. The Kier molecular flexibility index (Phi) is 9.21. The second kappa shape index (κ2) is 15.4. The summed E-state index contributed by atoms with van der Waals surface area (Å²) in [6.45, 7) is 7.06. The van der Waals surface area contributed by atoms with E-state index in [1.54, 1.807) is 0 Å². The fourth-order valence-corrected chi connectivity index (χ4v) is 10.6. The smallest absolute Gasteiger partial charge is 0.198 e. The fourth-order valence-electron chi connectivity index (χ4n) is 10.6. The van der Waals surface area contributed by atoms with Crippen LogP contribution in [0, 0.1) is 6.92 Å². The normalized spacial score (nSPS) is 13.1. The molecule has 1 aliphatic carbocycles. The van der Waals surface area contributed by atoms with Crippen LogP contribution in [-0.2, 0) is 5.41 Å². The molecular weight excluding hydrogens is 784 g/mol. The van der Waals surface area contributed by atoms with Crippen molar-refractivity contribution in [3.8, 4) is 55.6 Å². The molecule has 2 aliphatic rings. The Bertz CT molecular complexity index is 3450. The molecule has 0 radical (unpaired) electrons. The van der Waals surface area contributed by atoms with Gasteiger partial charge in [-0.1, -0.05) is 183 Å². The number of fused-ring (bicyclic) bond motifs is 6. The van der Waals surface area contributed by atoms with Crippen LogP contribution in [0.4, 0.5) is 28.4 Å². The predicted octanol–water partition coefficient (Wildman–Crippen LogP) is 15.0. The molecule has 0 fully saturated rings. The summed E-state index contributed by atoms with van der Waals surface area (Å²) >= 11 is 0. The Morgan fingerprint density at radius 1 is 0.400 bits per heavy atom. The van der Waals surface area contributed by atoms with Crippen LogP contribution in [0.2, 0.25) is 0 Å². The number of nitrogens with zero attached hydrogens (tertiary/aromatic N) is 1. The van der Waals surface area contributed by atoms with Crippen LogP contribution in [0.25, 0.3) is 66.4 Å². The van der Waals surface area contributed by atoms with Gasteiger partial charge in [0.2, 0.25) is 0 Å². The summed E-state index contributed by atoms with van der Waals surface area (Å²) in [5.74, 6) is 0. The number of hydrogen-bond acceptors (Lipinski definition) is 2. The van der Waals surface area contributed by atoms with E-state index < -0.39 is 0 Å². The number of anilines is 5. The molecule has 0 aromatic heterocycles. The number of benzene rings is 10. The zero-order valence-corrected chi connectivity index (χ0v) is 36.9. The Morgan fingerprint density at radius 3 is 1.68 bits per heavy atom. The Hall–Kier alpha value is -7.88. The van der Waals surface area contributed by atoms with Gasteiger partial charge in [0.15, 0.2) is 7.28 Å². The van der Waals surface area contributed by atoms with Gasteiger partial charge >= 0.3 is 0 Å². The minimum Gasteiger partial charge on any atom is -0.355 e. The SMILES string of the molecule is Cc1cc(-c2ccccc2)ccc1N1c2cc3c(cc2Bc2c(-c4cc5ccccc5cc4Nc4ccc(-c5ccccc5)cc4)cc(-c4ccccc4)cc21)-c1ccccc1C3(C)C. The van der Waals surface area contributed by atoms with E-state index >= 15 is 0 Å². The van der Waals surface area contributed by atoms with Crippen molar-refractivity contribution in [1.29, 1.82) is 0 Å². The van der Waals surface area contributed by atoms with E-state index in [0.29, 0.717) is 0 Å². The lowest BCUT2D eigenvalue weighted by molar-refractivity contribution is 0.660. The van der Waals surface area contributed by atoms with Crippen molar-refractivity contribution >= 4 is 57.4 Å². The van der Waals surface area contributed by atoms with Crippen LogP contribution in [0.5, 0.6) is 0 Å². The molecule has 0 bridgehead atoms. The molecule has 0 saturated carbocycles. The number of rotatable bonds is 7. The van der Waals surface area contributed by atoms with Crippen LogP contribution in [0.15, 0.2) is 218 Å². The highest BCUT2D eigenvalue weighted by molar-refractivity contribution is 6.73. The zero-order valence-electron chi connectivity index (χ0n) is 36.9. The van der Waals surface area contributed by atoms with E-state index in [-0.39, 0.29) is 5.41 Å². The Morgan fingerprint density at radius 2 is 0.985 bits per heavy atom. The van der Waals surface area contributed by atoms with Crippen LogP contribution in [0.3, 0.4) is 0 Å². The summed E-state index contributed by atoms with van der Waals surface area (Å²) in [7, 11) is 0.792. The molecule has 12 rings (SSSR count). The van der Waals surface area contributed by atoms with E-state index in [1.807, 2.05) is 0 Å².